The molecule has 1 fully saturated rings. The van der Waals surface area contributed by atoms with Crippen molar-refractivity contribution in [2.24, 2.45) is 0 Å². The average molecular weight is 664 g/mol. The van der Waals surface area contributed by atoms with Crippen molar-refractivity contribution >= 4 is 19.7 Å². The number of benzene rings is 2. The molecule has 1 aromatic heterocycles. The number of esters is 2. The number of nitrogens with zero attached hydrogens (tertiary/aromatic N) is 1. The first-order chi connectivity index (χ1) is 21.9. The standard InChI is InChI=1S/C30H35FN3O11P/c1-20(27(38)41-17-9-14-25(36)42-18-21-10-5-3-6-11-21)33-46(40,45-22-12-7-4-8-13-22)43-19-23-26(37)30(2,31)28(44-23)34-16-15-24(35)32-29(34)39/h3-8,10-13,15-16,20,23,26,28,37H,9,14,17-19H2,1-2H3,(H,33,40)(H,32,35,39)/t20-,23+,26+,28+,30+,46?/m0/s1. The number of aromatic nitrogens is 2. The van der Waals surface area contributed by atoms with Crippen LogP contribution in [0, 0.1) is 0 Å². The number of aromatic amines is 1. The lowest BCUT2D eigenvalue weighted by molar-refractivity contribution is -0.149. The number of para-hydroxylation sites is 1. The summed E-state index contributed by atoms with van der Waals surface area (Å²) in [4.78, 5) is 50.4. The van der Waals surface area contributed by atoms with Crippen LogP contribution in [-0.4, -0.2) is 63.7 Å². The summed E-state index contributed by atoms with van der Waals surface area (Å²) in [5.41, 5.74) is -3.37. The van der Waals surface area contributed by atoms with Crippen molar-refractivity contribution < 1.29 is 46.9 Å². The summed E-state index contributed by atoms with van der Waals surface area (Å²) in [6.45, 7) is 1.65. The molecule has 46 heavy (non-hydrogen) atoms. The zero-order valence-electron chi connectivity index (χ0n) is 25.1. The largest absolute Gasteiger partial charge is 0.465 e. The fraction of sp³-hybridized carbons (Fsp3) is 0.400. The van der Waals surface area contributed by atoms with Gasteiger partial charge in [-0.25, -0.2) is 13.8 Å². The van der Waals surface area contributed by atoms with Crippen molar-refractivity contribution in [2.45, 2.75) is 63.4 Å². The van der Waals surface area contributed by atoms with E-state index in [1.165, 1.54) is 19.1 Å². The number of hydrogen-bond acceptors (Lipinski definition) is 11. The number of hydrogen-bond donors (Lipinski definition) is 3. The molecule has 0 bridgehead atoms. The average Bonchev–Trinajstić information content (AvgIpc) is 3.25. The van der Waals surface area contributed by atoms with Crippen LogP contribution in [0.5, 0.6) is 5.75 Å². The molecule has 14 nitrogen and oxygen atoms in total. The van der Waals surface area contributed by atoms with Crippen molar-refractivity contribution in [1.82, 2.24) is 14.6 Å². The number of aliphatic hydroxyl groups excluding tert-OH is 1. The van der Waals surface area contributed by atoms with Crippen molar-refractivity contribution in [2.75, 3.05) is 13.2 Å². The van der Waals surface area contributed by atoms with E-state index in [1.807, 2.05) is 35.3 Å². The molecular formula is C30H35FN3O11P. The molecule has 6 atom stereocenters. The van der Waals surface area contributed by atoms with Crippen LogP contribution in [0.15, 0.2) is 82.5 Å². The van der Waals surface area contributed by atoms with Crippen LogP contribution in [0.4, 0.5) is 4.39 Å². The Kier molecular flexibility index (Phi) is 11.7. The highest BCUT2D eigenvalue weighted by molar-refractivity contribution is 7.52. The smallest absolute Gasteiger partial charge is 0.459 e. The van der Waals surface area contributed by atoms with E-state index in [2.05, 4.69) is 5.09 Å². The third-order valence-electron chi connectivity index (χ3n) is 6.92. The fourth-order valence-electron chi connectivity index (χ4n) is 4.46. The summed E-state index contributed by atoms with van der Waals surface area (Å²) in [6.07, 6.45) is -3.76. The molecule has 0 radical (unpaired) electrons. The minimum absolute atomic E-state index is 0.00400. The van der Waals surface area contributed by atoms with Gasteiger partial charge in [0.1, 0.15) is 30.6 Å². The van der Waals surface area contributed by atoms with Gasteiger partial charge in [-0.15, -0.1) is 0 Å². The molecule has 248 valence electrons. The summed E-state index contributed by atoms with van der Waals surface area (Å²) in [7, 11) is -4.43. The number of rotatable bonds is 15. The quantitative estimate of drug-likeness (QED) is 0.123. The highest BCUT2D eigenvalue weighted by Gasteiger charge is 2.56. The number of aliphatic hydroxyl groups is 1. The van der Waals surface area contributed by atoms with Crippen LogP contribution < -0.4 is 20.9 Å². The first kappa shape index (κ1) is 34.7. The predicted octanol–water partition coefficient (Wildman–Crippen LogP) is 2.77. The number of carbonyl (C=O) groups excluding carboxylic acids is 2. The van der Waals surface area contributed by atoms with Gasteiger partial charge < -0.3 is 23.8 Å². The Balaban J connectivity index is 1.34. The number of halogens is 1. The SMILES string of the molecule is C[C@H](NP(=O)(OC[C@H]1O[C@@H](n2ccc(=O)[nH]c2=O)[C@](C)(F)[C@@H]1O)Oc1ccccc1)C(=O)OCCCC(=O)OCc1ccccc1. The van der Waals surface area contributed by atoms with E-state index in [-0.39, 0.29) is 31.8 Å². The second kappa shape index (κ2) is 15.4. The number of carbonyl (C=O) groups is 2. The summed E-state index contributed by atoms with van der Waals surface area (Å²) in [5, 5.41) is 13.1. The molecule has 2 aromatic carbocycles. The summed E-state index contributed by atoms with van der Waals surface area (Å²) >= 11 is 0. The molecule has 2 heterocycles. The topological polar surface area (TPSA) is 184 Å². The lowest BCUT2D eigenvalue weighted by Gasteiger charge is -2.25. The lowest BCUT2D eigenvalue weighted by atomic mass is 9.98. The van der Waals surface area contributed by atoms with Crippen LogP contribution in [0.3, 0.4) is 0 Å². The summed E-state index contributed by atoms with van der Waals surface area (Å²) in [5.74, 6) is -1.19. The second-order valence-electron chi connectivity index (χ2n) is 10.6. The van der Waals surface area contributed by atoms with Gasteiger partial charge in [-0.3, -0.25) is 28.5 Å². The Morgan fingerprint density at radius 3 is 2.46 bits per heavy atom. The zero-order valence-corrected chi connectivity index (χ0v) is 26.0. The van der Waals surface area contributed by atoms with Crippen LogP contribution >= 0.6 is 7.75 Å². The zero-order chi connectivity index (χ0) is 33.3. The lowest BCUT2D eigenvalue weighted by Crippen LogP contribution is -2.43. The van der Waals surface area contributed by atoms with E-state index in [0.29, 0.717) is 0 Å². The maximum absolute atomic E-state index is 15.6. The molecule has 3 aromatic rings. The normalized spacial score (nSPS) is 22.8. The number of ether oxygens (including phenoxy) is 3. The van der Waals surface area contributed by atoms with Gasteiger partial charge in [-0.05, 0) is 38.0 Å². The van der Waals surface area contributed by atoms with Gasteiger partial charge in [0, 0.05) is 18.7 Å². The maximum atomic E-state index is 15.6. The summed E-state index contributed by atoms with van der Waals surface area (Å²) in [6, 6.07) is 16.8. The second-order valence-corrected chi connectivity index (χ2v) is 12.3. The van der Waals surface area contributed by atoms with Gasteiger partial charge in [0.2, 0.25) is 0 Å². The first-order valence-corrected chi connectivity index (χ1v) is 15.9. The van der Waals surface area contributed by atoms with Crippen molar-refractivity contribution in [1.29, 1.82) is 0 Å². The van der Waals surface area contributed by atoms with Crippen LogP contribution in [0.2, 0.25) is 0 Å². The number of alkyl halides is 1. The van der Waals surface area contributed by atoms with Crippen molar-refractivity contribution in [3.05, 3.63) is 99.3 Å². The molecular weight excluding hydrogens is 628 g/mol. The molecule has 1 aliphatic heterocycles. The summed E-state index contributed by atoms with van der Waals surface area (Å²) < 4.78 is 57.2. The number of nitrogens with one attached hydrogen (secondary N) is 2. The Bertz CT molecular complexity index is 1630. The van der Waals surface area contributed by atoms with Crippen LogP contribution in [0.1, 0.15) is 38.5 Å². The van der Waals surface area contributed by atoms with E-state index in [4.69, 9.17) is 23.3 Å². The Morgan fingerprint density at radius 2 is 1.78 bits per heavy atom. The van der Waals surface area contributed by atoms with Crippen LogP contribution in [-0.2, 0) is 39.5 Å². The third-order valence-corrected chi connectivity index (χ3v) is 8.56. The van der Waals surface area contributed by atoms with Gasteiger partial charge in [-0.2, -0.15) is 5.09 Å². The Hall–Kier alpha value is -4.14. The minimum atomic E-state index is -4.43. The molecule has 3 N–H and O–H groups in total. The van der Waals surface area contributed by atoms with E-state index in [0.717, 1.165) is 29.3 Å². The van der Waals surface area contributed by atoms with E-state index >= 15 is 4.39 Å². The van der Waals surface area contributed by atoms with Gasteiger partial charge >= 0.3 is 25.4 Å². The molecule has 0 aliphatic carbocycles. The molecule has 16 heteroatoms. The molecule has 0 saturated carbocycles. The van der Waals surface area contributed by atoms with Crippen molar-refractivity contribution in [3.63, 3.8) is 0 Å². The van der Waals surface area contributed by atoms with E-state index < -0.39 is 67.7 Å². The predicted molar refractivity (Wildman–Crippen MR) is 160 cm³/mol. The maximum Gasteiger partial charge on any atom is 0.459 e. The molecule has 1 saturated heterocycles. The van der Waals surface area contributed by atoms with Gasteiger partial charge in [-0.1, -0.05) is 48.5 Å². The molecule has 0 amide bonds. The molecule has 4 rings (SSSR count). The highest BCUT2D eigenvalue weighted by atomic mass is 31.2. The molecule has 1 unspecified atom stereocenters. The first-order valence-electron chi connectivity index (χ1n) is 14.3. The third kappa shape index (κ3) is 9.21. The fourth-order valence-corrected chi connectivity index (χ4v) is 5.96. The molecule has 1 aliphatic rings. The Morgan fingerprint density at radius 1 is 1.11 bits per heavy atom. The van der Waals surface area contributed by atoms with Gasteiger partial charge in [0.15, 0.2) is 11.9 Å². The van der Waals surface area contributed by atoms with Crippen molar-refractivity contribution in [3.8, 4) is 5.75 Å². The monoisotopic (exact) mass is 663 g/mol. The van der Waals surface area contributed by atoms with Gasteiger partial charge in [0.05, 0.1) is 13.2 Å². The highest BCUT2D eigenvalue weighted by Crippen LogP contribution is 2.47. The van der Waals surface area contributed by atoms with E-state index in [1.54, 1.807) is 18.2 Å². The van der Waals surface area contributed by atoms with E-state index in [9.17, 15) is 28.8 Å². The van der Waals surface area contributed by atoms with Crippen LogP contribution in [0.25, 0.3) is 0 Å². The van der Waals surface area contributed by atoms with Gasteiger partial charge in [0.25, 0.3) is 5.56 Å². The minimum Gasteiger partial charge on any atom is -0.465 e. The number of H-pyrrole nitrogens is 1. The molecule has 0 spiro atoms. The Labute approximate surface area is 263 Å².